The smallest absolute Gasteiger partial charge is 0.317 e. The molecule has 0 spiro atoms. The van der Waals surface area contributed by atoms with Crippen LogP contribution in [0.15, 0.2) is 36.5 Å². The number of carbonyl (C=O) groups excluding carboxylic acids is 1. The third-order valence-electron chi connectivity index (χ3n) is 3.58. The van der Waals surface area contributed by atoms with Crippen LogP contribution in [0.5, 0.6) is 0 Å². The van der Waals surface area contributed by atoms with E-state index in [0.717, 1.165) is 11.3 Å². The Kier molecular flexibility index (Phi) is 4.34. The van der Waals surface area contributed by atoms with Gasteiger partial charge in [-0.05, 0) is 23.8 Å². The second-order valence-electron chi connectivity index (χ2n) is 5.10. The molecule has 2 aromatic rings. The average Bonchev–Trinajstić information content (AvgIpc) is 3.07. The number of nitrogens with one attached hydrogen (secondary N) is 2. The van der Waals surface area contributed by atoms with Gasteiger partial charge in [0.25, 0.3) is 0 Å². The number of benzene rings is 1. The van der Waals surface area contributed by atoms with E-state index in [1.807, 2.05) is 0 Å². The highest BCUT2D eigenvalue weighted by Gasteiger charge is 2.25. The van der Waals surface area contributed by atoms with E-state index in [1.165, 1.54) is 12.1 Å². The van der Waals surface area contributed by atoms with E-state index in [1.54, 1.807) is 29.3 Å². The molecule has 0 bridgehead atoms. The molecule has 1 aromatic heterocycles. The molecule has 3 rings (SSSR count). The molecule has 1 saturated heterocycles. The first-order valence-corrected chi connectivity index (χ1v) is 7.10. The van der Waals surface area contributed by atoms with Crippen LogP contribution >= 0.6 is 0 Å². The number of hydrogen-bond donors (Lipinski definition) is 2. The number of halogens is 1. The largest absolute Gasteiger partial charge is 0.370 e. The zero-order valence-electron chi connectivity index (χ0n) is 12.0. The highest BCUT2D eigenvalue weighted by atomic mass is 19.1. The van der Waals surface area contributed by atoms with Gasteiger partial charge in [-0.3, -0.25) is 5.10 Å². The van der Waals surface area contributed by atoms with Crippen LogP contribution in [0, 0.1) is 5.82 Å². The second kappa shape index (κ2) is 6.57. The third kappa shape index (κ3) is 3.43. The molecule has 0 saturated carbocycles. The summed E-state index contributed by atoms with van der Waals surface area (Å²) in [5, 5.41) is 9.46. The Hall–Kier alpha value is -2.41. The van der Waals surface area contributed by atoms with Gasteiger partial charge in [0, 0.05) is 12.7 Å². The third-order valence-corrected chi connectivity index (χ3v) is 3.58. The van der Waals surface area contributed by atoms with Crippen LogP contribution in [0.25, 0.3) is 0 Å². The fraction of sp³-hybridized carbons (Fsp3) is 0.333. The normalized spacial score (nSPS) is 18.2. The van der Waals surface area contributed by atoms with E-state index < -0.39 is 0 Å². The predicted molar refractivity (Wildman–Crippen MR) is 77.5 cm³/mol. The highest BCUT2D eigenvalue weighted by Crippen LogP contribution is 2.22. The number of aromatic nitrogens is 2. The maximum Gasteiger partial charge on any atom is 0.317 e. The fourth-order valence-electron chi connectivity index (χ4n) is 2.38. The molecular formula is C15H17FN4O2. The predicted octanol–water partition coefficient (Wildman–Crippen LogP) is 1.83. The number of H-pyrrole nitrogens is 1. The molecule has 0 aliphatic carbocycles. The zero-order chi connectivity index (χ0) is 15.4. The summed E-state index contributed by atoms with van der Waals surface area (Å²) in [6, 6.07) is 7.83. The number of carbonyl (C=O) groups is 1. The fourth-order valence-corrected chi connectivity index (χ4v) is 2.38. The van der Waals surface area contributed by atoms with Crippen LogP contribution in [0.3, 0.4) is 0 Å². The Morgan fingerprint density at radius 2 is 2.23 bits per heavy atom. The van der Waals surface area contributed by atoms with E-state index in [4.69, 9.17) is 4.74 Å². The van der Waals surface area contributed by atoms with Crippen molar-refractivity contribution in [2.45, 2.75) is 12.6 Å². The van der Waals surface area contributed by atoms with Gasteiger partial charge in [-0.15, -0.1) is 0 Å². The first-order chi connectivity index (χ1) is 10.7. The average molecular weight is 304 g/mol. The highest BCUT2D eigenvalue weighted by molar-refractivity contribution is 5.74. The van der Waals surface area contributed by atoms with Gasteiger partial charge in [0.2, 0.25) is 0 Å². The molecule has 1 unspecified atom stereocenters. The minimum atomic E-state index is -0.284. The molecule has 2 amide bonds. The molecule has 1 aromatic carbocycles. The number of rotatable bonds is 3. The van der Waals surface area contributed by atoms with Crippen molar-refractivity contribution in [2.24, 2.45) is 0 Å². The van der Waals surface area contributed by atoms with Gasteiger partial charge in [0.05, 0.1) is 25.4 Å². The molecule has 1 aliphatic heterocycles. The minimum absolute atomic E-state index is 0.148. The van der Waals surface area contributed by atoms with Crippen molar-refractivity contribution in [3.63, 3.8) is 0 Å². The summed E-state index contributed by atoms with van der Waals surface area (Å²) in [5.74, 6) is -0.284. The maximum atomic E-state index is 13.0. The molecule has 22 heavy (non-hydrogen) atoms. The summed E-state index contributed by atoms with van der Waals surface area (Å²) in [6.07, 6.45) is 1.41. The molecule has 116 valence electrons. The van der Waals surface area contributed by atoms with E-state index in [9.17, 15) is 9.18 Å². The summed E-state index contributed by atoms with van der Waals surface area (Å²) in [5.41, 5.74) is 1.71. The molecule has 6 nitrogen and oxygen atoms in total. The van der Waals surface area contributed by atoms with E-state index in [2.05, 4.69) is 15.5 Å². The molecule has 1 aliphatic rings. The van der Waals surface area contributed by atoms with Crippen LogP contribution in [0.2, 0.25) is 0 Å². The van der Waals surface area contributed by atoms with Crippen LogP contribution in [0.4, 0.5) is 9.18 Å². The van der Waals surface area contributed by atoms with E-state index in [-0.39, 0.29) is 18.0 Å². The standard InChI is InChI=1S/C15H17FN4O2/c16-12-3-1-11(2-4-12)14-10-20(7-8-22-14)15(21)17-9-13-5-6-18-19-13/h1-6,14H,7-10H2,(H,17,21)(H,18,19). The lowest BCUT2D eigenvalue weighted by molar-refractivity contribution is -0.0155. The van der Waals surface area contributed by atoms with Crippen molar-refractivity contribution in [2.75, 3.05) is 19.7 Å². The first kappa shape index (κ1) is 14.5. The van der Waals surface area contributed by atoms with Gasteiger partial charge in [-0.1, -0.05) is 12.1 Å². The lowest BCUT2D eigenvalue weighted by atomic mass is 10.1. The van der Waals surface area contributed by atoms with E-state index >= 15 is 0 Å². The summed E-state index contributed by atoms with van der Waals surface area (Å²) >= 11 is 0. The summed E-state index contributed by atoms with van der Waals surface area (Å²) < 4.78 is 18.6. The van der Waals surface area contributed by atoms with E-state index in [0.29, 0.717) is 26.2 Å². The van der Waals surface area contributed by atoms with Crippen molar-refractivity contribution in [3.8, 4) is 0 Å². The number of aromatic amines is 1. The van der Waals surface area contributed by atoms with Crippen LogP contribution < -0.4 is 5.32 Å². The van der Waals surface area contributed by atoms with Crippen molar-refractivity contribution in [1.29, 1.82) is 0 Å². The Balaban J connectivity index is 1.57. The lowest BCUT2D eigenvalue weighted by Crippen LogP contribution is -2.47. The molecule has 1 atom stereocenters. The number of ether oxygens (including phenoxy) is 1. The number of amides is 2. The van der Waals surface area contributed by atoms with Crippen LogP contribution in [0.1, 0.15) is 17.4 Å². The Bertz CT molecular complexity index is 615. The van der Waals surface area contributed by atoms with Gasteiger partial charge >= 0.3 is 6.03 Å². The monoisotopic (exact) mass is 304 g/mol. The van der Waals surface area contributed by atoms with Gasteiger partial charge in [0.15, 0.2) is 0 Å². The number of urea groups is 1. The first-order valence-electron chi connectivity index (χ1n) is 7.10. The Morgan fingerprint density at radius 1 is 1.41 bits per heavy atom. The molecule has 1 fully saturated rings. The van der Waals surface area contributed by atoms with Gasteiger partial charge < -0.3 is 15.0 Å². The molecule has 7 heteroatoms. The summed E-state index contributed by atoms with van der Waals surface area (Å²) in [4.78, 5) is 13.9. The SMILES string of the molecule is O=C(NCc1ccn[nH]1)N1CCOC(c2ccc(F)cc2)C1. The van der Waals surface area contributed by atoms with Gasteiger partial charge in [-0.25, -0.2) is 9.18 Å². The Morgan fingerprint density at radius 3 is 2.95 bits per heavy atom. The minimum Gasteiger partial charge on any atom is -0.370 e. The van der Waals surface area contributed by atoms with Gasteiger partial charge in [-0.2, -0.15) is 5.10 Å². The van der Waals surface area contributed by atoms with Crippen molar-refractivity contribution in [3.05, 3.63) is 53.6 Å². The van der Waals surface area contributed by atoms with Crippen molar-refractivity contribution < 1.29 is 13.9 Å². The Labute approximate surface area is 127 Å². The lowest BCUT2D eigenvalue weighted by Gasteiger charge is -2.33. The number of nitrogens with zero attached hydrogens (tertiary/aromatic N) is 2. The van der Waals surface area contributed by atoms with Crippen LogP contribution in [-0.2, 0) is 11.3 Å². The molecular weight excluding hydrogens is 287 g/mol. The topological polar surface area (TPSA) is 70.2 Å². The summed E-state index contributed by atoms with van der Waals surface area (Å²) in [7, 11) is 0. The second-order valence-corrected chi connectivity index (χ2v) is 5.10. The van der Waals surface area contributed by atoms with Crippen molar-refractivity contribution >= 4 is 6.03 Å². The number of morpholine rings is 1. The number of hydrogen-bond acceptors (Lipinski definition) is 3. The zero-order valence-corrected chi connectivity index (χ0v) is 12.0. The summed E-state index contributed by atoms with van der Waals surface area (Å²) in [6.45, 7) is 1.84. The van der Waals surface area contributed by atoms with Crippen LogP contribution in [-0.4, -0.2) is 40.8 Å². The molecule has 0 radical (unpaired) electrons. The molecule has 2 N–H and O–H groups in total. The van der Waals surface area contributed by atoms with Gasteiger partial charge in [0.1, 0.15) is 11.9 Å². The molecule has 2 heterocycles. The quantitative estimate of drug-likeness (QED) is 0.909. The van der Waals surface area contributed by atoms with Crippen molar-refractivity contribution in [1.82, 2.24) is 20.4 Å². The maximum absolute atomic E-state index is 13.0.